The van der Waals surface area contributed by atoms with Gasteiger partial charge in [0.2, 0.25) is 5.88 Å². The van der Waals surface area contributed by atoms with Crippen LogP contribution in [0.3, 0.4) is 0 Å². The lowest BCUT2D eigenvalue weighted by Gasteiger charge is -2.19. The molecule has 26 heavy (non-hydrogen) atoms. The molecule has 1 aromatic heterocycles. The van der Waals surface area contributed by atoms with E-state index in [2.05, 4.69) is 16.9 Å². The first kappa shape index (κ1) is 21.9. The van der Waals surface area contributed by atoms with Gasteiger partial charge in [-0.3, -0.25) is 4.79 Å². The van der Waals surface area contributed by atoms with Crippen molar-refractivity contribution in [2.24, 2.45) is 4.99 Å². The highest BCUT2D eigenvalue weighted by atomic mass is 16.5. The SMILES string of the molecule is CCCOCC(C)Oc1nc(C)c(/N=C/N(C)CC)cc1C(=O)N(C)C. The Balaban J connectivity index is 3.13. The fourth-order valence-electron chi connectivity index (χ4n) is 2.05. The van der Waals surface area contributed by atoms with Crippen LogP contribution in [0, 0.1) is 6.92 Å². The molecule has 0 aliphatic heterocycles. The van der Waals surface area contributed by atoms with Gasteiger partial charge in [0, 0.05) is 34.3 Å². The molecule has 0 saturated heterocycles. The van der Waals surface area contributed by atoms with Crippen molar-refractivity contribution in [1.82, 2.24) is 14.8 Å². The molecule has 0 spiro atoms. The van der Waals surface area contributed by atoms with Gasteiger partial charge in [-0.15, -0.1) is 0 Å². The highest BCUT2D eigenvalue weighted by Crippen LogP contribution is 2.27. The fourth-order valence-corrected chi connectivity index (χ4v) is 2.05. The van der Waals surface area contributed by atoms with E-state index >= 15 is 0 Å². The second-order valence-electron chi connectivity index (χ2n) is 6.47. The van der Waals surface area contributed by atoms with Crippen LogP contribution in [0.25, 0.3) is 0 Å². The highest BCUT2D eigenvalue weighted by molar-refractivity contribution is 5.97. The van der Waals surface area contributed by atoms with Crippen molar-refractivity contribution < 1.29 is 14.3 Å². The topological polar surface area (TPSA) is 67.3 Å². The Bertz CT molecular complexity index is 617. The maximum atomic E-state index is 12.6. The molecule has 0 saturated carbocycles. The predicted molar refractivity (Wildman–Crippen MR) is 105 cm³/mol. The summed E-state index contributed by atoms with van der Waals surface area (Å²) in [6.45, 7) is 9.83. The van der Waals surface area contributed by atoms with Crippen LogP contribution in [0.2, 0.25) is 0 Å². The van der Waals surface area contributed by atoms with E-state index in [-0.39, 0.29) is 12.0 Å². The van der Waals surface area contributed by atoms with E-state index in [9.17, 15) is 4.79 Å². The molecule has 1 atom stereocenters. The molecule has 1 aromatic rings. The summed E-state index contributed by atoms with van der Waals surface area (Å²) in [6, 6.07) is 1.74. The fraction of sp³-hybridized carbons (Fsp3) is 0.632. The Morgan fingerprint density at radius 2 is 2.04 bits per heavy atom. The number of rotatable bonds is 10. The van der Waals surface area contributed by atoms with Gasteiger partial charge in [0.1, 0.15) is 11.7 Å². The van der Waals surface area contributed by atoms with Gasteiger partial charge < -0.3 is 19.3 Å². The van der Waals surface area contributed by atoms with Gasteiger partial charge in [-0.1, -0.05) is 6.92 Å². The molecule has 7 heteroatoms. The number of pyridine rings is 1. The Morgan fingerprint density at radius 1 is 1.35 bits per heavy atom. The number of amides is 1. The van der Waals surface area contributed by atoms with Gasteiger partial charge in [0.05, 0.1) is 24.3 Å². The van der Waals surface area contributed by atoms with Crippen molar-refractivity contribution in [3.63, 3.8) is 0 Å². The number of aromatic nitrogens is 1. The molecule has 0 aromatic carbocycles. The summed E-state index contributed by atoms with van der Waals surface area (Å²) in [6.07, 6.45) is 2.48. The van der Waals surface area contributed by atoms with Crippen LogP contribution in [0.4, 0.5) is 5.69 Å². The number of ether oxygens (including phenoxy) is 2. The molecular weight excluding hydrogens is 332 g/mol. The largest absolute Gasteiger partial charge is 0.472 e. The summed E-state index contributed by atoms with van der Waals surface area (Å²) in [5.41, 5.74) is 1.75. The zero-order valence-electron chi connectivity index (χ0n) is 17.1. The van der Waals surface area contributed by atoms with Crippen LogP contribution in [0.5, 0.6) is 5.88 Å². The van der Waals surface area contributed by atoms with Crippen LogP contribution < -0.4 is 4.74 Å². The maximum absolute atomic E-state index is 12.6. The molecular formula is C19H32N4O3. The normalized spacial score (nSPS) is 12.3. The van der Waals surface area contributed by atoms with Crippen molar-refractivity contribution in [2.45, 2.75) is 40.2 Å². The van der Waals surface area contributed by atoms with Crippen molar-refractivity contribution in [3.05, 3.63) is 17.3 Å². The summed E-state index contributed by atoms with van der Waals surface area (Å²) in [7, 11) is 5.34. The predicted octanol–water partition coefficient (Wildman–Crippen LogP) is 2.90. The minimum Gasteiger partial charge on any atom is -0.472 e. The Labute approximate surface area is 157 Å². The molecule has 0 fully saturated rings. The molecule has 0 aliphatic carbocycles. The molecule has 1 unspecified atom stereocenters. The quantitative estimate of drug-likeness (QED) is 0.363. The lowest BCUT2D eigenvalue weighted by Crippen LogP contribution is -2.26. The van der Waals surface area contributed by atoms with Crippen molar-refractivity contribution in [3.8, 4) is 5.88 Å². The number of nitrogens with zero attached hydrogens (tertiary/aromatic N) is 4. The van der Waals surface area contributed by atoms with Crippen molar-refractivity contribution in [2.75, 3.05) is 40.9 Å². The molecule has 0 bridgehead atoms. The summed E-state index contributed by atoms with van der Waals surface area (Å²) in [4.78, 5) is 25.0. The van der Waals surface area contributed by atoms with E-state index in [0.717, 1.165) is 13.0 Å². The number of carbonyl (C=O) groups excluding carboxylic acids is 1. The molecule has 1 rings (SSSR count). The van der Waals surface area contributed by atoms with Crippen LogP contribution in [0.15, 0.2) is 11.1 Å². The molecule has 0 N–H and O–H groups in total. The first-order valence-electron chi connectivity index (χ1n) is 9.02. The second-order valence-corrected chi connectivity index (χ2v) is 6.47. The Morgan fingerprint density at radius 3 is 2.62 bits per heavy atom. The summed E-state index contributed by atoms with van der Waals surface area (Å²) < 4.78 is 11.4. The van der Waals surface area contributed by atoms with E-state index in [0.29, 0.717) is 36.0 Å². The third kappa shape index (κ3) is 6.63. The van der Waals surface area contributed by atoms with Gasteiger partial charge >= 0.3 is 0 Å². The summed E-state index contributed by atoms with van der Waals surface area (Å²) in [5.74, 6) is 0.145. The van der Waals surface area contributed by atoms with E-state index in [1.807, 2.05) is 32.7 Å². The summed E-state index contributed by atoms with van der Waals surface area (Å²) >= 11 is 0. The number of hydrogen-bond acceptors (Lipinski definition) is 5. The molecule has 1 amide bonds. The van der Waals surface area contributed by atoms with E-state index < -0.39 is 0 Å². The van der Waals surface area contributed by atoms with E-state index in [1.54, 1.807) is 26.5 Å². The first-order chi connectivity index (χ1) is 12.3. The van der Waals surface area contributed by atoms with Crippen LogP contribution in [0.1, 0.15) is 43.2 Å². The van der Waals surface area contributed by atoms with Crippen LogP contribution in [-0.2, 0) is 4.74 Å². The highest BCUT2D eigenvalue weighted by Gasteiger charge is 2.20. The number of carbonyl (C=O) groups is 1. The Kier molecular flexibility index (Phi) is 9.05. The van der Waals surface area contributed by atoms with Crippen LogP contribution in [-0.4, -0.2) is 74.0 Å². The van der Waals surface area contributed by atoms with E-state index in [1.165, 1.54) is 4.90 Å². The smallest absolute Gasteiger partial charge is 0.258 e. The Hall–Kier alpha value is -2.15. The van der Waals surface area contributed by atoms with Crippen molar-refractivity contribution in [1.29, 1.82) is 0 Å². The molecule has 1 heterocycles. The standard InChI is InChI=1S/C19H32N4O3/c1-8-10-25-12-14(3)26-18-16(19(24)22(5)6)11-17(15(4)21-18)20-13-23(7)9-2/h11,13-14H,8-10,12H2,1-7H3/b20-13+. The number of aryl methyl sites for hydroxylation is 1. The minimum absolute atomic E-state index is 0.172. The monoisotopic (exact) mass is 364 g/mol. The van der Waals surface area contributed by atoms with Crippen LogP contribution >= 0.6 is 0 Å². The lowest BCUT2D eigenvalue weighted by molar-refractivity contribution is 0.0552. The van der Waals surface area contributed by atoms with Gasteiger partial charge in [-0.2, -0.15) is 0 Å². The molecule has 146 valence electrons. The average Bonchev–Trinajstić information content (AvgIpc) is 2.60. The third-order valence-electron chi connectivity index (χ3n) is 3.69. The third-order valence-corrected chi connectivity index (χ3v) is 3.69. The molecule has 7 nitrogen and oxygen atoms in total. The number of aliphatic imine (C=N–C) groups is 1. The average molecular weight is 364 g/mol. The minimum atomic E-state index is -0.206. The molecule has 0 aliphatic rings. The van der Waals surface area contributed by atoms with Gasteiger partial charge in [-0.05, 0) is 33.3 Å². The summed E-state index contributed by atoms with van der Waals surface area (Å²) in [5, 5.41) is 0. The zero-order chi connectivity index (χ0) is 19.7. The lowest BCUT2D eigenvalue weighted by atomic mass is 10.2. The van der Waals surface area contributed by atoms with E-state index in [4.69, 9.17) is 9.47 Å². The van der Waals surface area contributed by atoms with Gasteiger partial charge in [-0.25, -0.2) is 9.98 Å². The maximum Gasteiger partial charge on any atom is 0.258 e. The second kappa shape index (κ2) is 10.8. The van der Waals surface area contributed by atoms with Crippen molar-refractivity contribution >= 4 is 17.9 Å². The van der Waals surface area contributed by atoms with Gasteiger partial charge in [0.15, 0.2) is 0 Å². The van der Waals surface area contributed by atoms with Gasteiger partial charge in [0.25, 0.3) is 5.91 Å². The zero-order valence-corrected chi connectivity index (χ0v) is 17.1. The first-order valence-corrected chi connectivity index (χ1v) is 9.02. The number of hydrogen-bond donors (Lipinski definition) is 0. The molecule has 0 radical (unpaired) electrons.